The lowest BCUT2D eigenvalue weighted by Crippen LogP contribution is -2.14. The molecule has 1 heterocycles. The number of halogens is 2. The molecule has 19 heavy (non-hydrogen) atoms. The molecule has 98 valence electrons. The van der Waals surface area contributed by atoms with Gasteiger partial charge in [-0.15, -0.1) is 0 Å². The number of carboxylic acid groups (broad SMARTS) is 1. The maximum atomic E-state index is 13.4. The van der Waals surface area contributed by atoms with Gasteiger partial charge in [0, 0.05) is 12.1 Å². The van der Waals surface area contributed by atoms with Gasteiger partial charge in [-0.3, -0.25) is 4.79 Å². The minimum absolute atomic E-state index is 0.124. The van der Waals surface area contributed by atoms with Crippen molar-refractivity contribution in [1.82, 2.24) is 5.16 Å². The molecule has 0 saturated heterocycles. The topological polar surface area (TPSA) is 92.4 Å². The molecule has 1 amide bonds. The predicted molar refractivity (Wildman–Crippen MR) is 57.8 cm³/mol. The SMILES string of the molecule is O=C(Nc1cc(C(=O)O)c(F)cc1F)c1ccon1. The molecule has 0 aliphatic heterocycles. The van der Waals surface area contributed by atoms with Gasteiger partial charge in [0.15, 0.2) is 5.69 Å². The van der Waals surface area contributed by atoms with Crippen molar-refractivity contribution in [2.45, 2.75) is 0 Å². The van der Waals surface area contributed by atoms with Crippen LogP contribution in [0.3, 0.4) is 0 Å². The zero-order valence-electron chi connectivity index (χ0n) is 9.18. The minimum Gasteiger partial charge on any atom is -0.478 e. The number of hydrogen-bond acceptors (Lipinski definition) is 4. The van der Waals surface area contributed by atoms with Crippen LogP contribution in [-0.4, -0.2) is 22.1 Å². The molecule has 0 aliphatic carbocycles. The molecular formula is C11H6F2N2O4. The van der Waals surface area contributed by atoms with Crippen LogP contribution in [0, 0.1) is 11.6 Å². The first kappa shape index (κ1) is 12.7. The van der Waals surface area contributed by atoms with E-state index in [0.717, 1.165) is 6.26 Å². The van der Waals surface area contributed by atoms with Gasteiger partial charge in [-0.05, 0) is 6.07 Å². The lowest BCUT2D eigenvalue weighted by atomic mass is 10.1. The number of aromatic carboxylic acids is 1. The lowest BCUT2D eigenvalue weighted by molar-refractivity contribution is 0.0691. The zero-order valence-corrected chi connectivity index (χ0v) is 9.18. The Morgan fingerprint density at radius 1 is 1.26 bits per heavy atom. The Hall–Kier alpha value is -2.77. The summed E-state index contributed by atoms with van der Waals surface area (Å²) in [6.45, 7) is 0. The number of hydrogen-bond donors (Lipinski definition) is 2. The van der Waals surface area contributed by atoms with E-state index in [0.29, 0.717) is 12.1 Å². The number of carbonyl (C=O) groups is 2. The van der Waals surface area contributed by atoms with Crippen molar-refractivity contribution in [3.63, 3.8) is 0 Å². The predicted octanol–water partition coefficient (Wildman–Crippen LogP) is 1.90. The van der Waals surface area contributed by atoms with Crippen LogP contribution in [0.5, 0.6) is 0 Å². The molecule has 8 heteroatoms. The second-order valence-electron chi connectivity index (χ2n) is 3.46. The van der Waals surface area contributed by atoms with Crippen molar-refractivity contribution in [1.29, 1.82) is 0 Å². The molecule has 2 rings (SSSR count). The highest BCUT2D eigenvalue weighted by Gasteiger charge is 2.18. The minimum atomic E-state index is -1.57. The normalized spacial score (nSPS) is 10.2. The van der Waals surface area contributed by atoms with Crippen LogP contribution in [-0.2, 0) is 0 Å². The summed E-state index contributed by atoms with van der Waals surface area (Å²) in [4.78, 5) is 22.2. The van der Waals surface area contributed by atoms with Gasteiger partial charge in [0.05, 0.1) is 11.3 Å². The highest BCUT2D eigenvalue weighted by atomic mass is 19.1. The van der Waals surface area contributed by atoms with Crippen molar-refractivity contribution in [3.05, 3.63) is 47.4 Å². The molecule has 0 fully saturated rings. The van der Waals surface area contributed by atoms with Crippen molar-refractivity contribution < 1.29 is 28.0 Å². The second kappa shape index (κ2) is 4.84. The molecule has 6 nitrogen and oxygen atoms in total. The van der Waals surface area contributed by atoms with Gasteiger partial charge in [0.1, 0.15) is 17.9 Å². The van der Waals surface area contributed by atoms with Gasteiger partial charge in [-0.2, -0.15) is 0 Å². The van der Waals surface area contributed by atoms with Crippen LogP contribution in [0.15, 0.2) is 29.0 Å². The van der Waals surface area contributed by atoms with Crippen molar-refractivity contribution in [2.24, 2.45) is 0 Å². The number of nitrogens with zero attached hydrogens (tertiary/aromatic N) is 1. The summed E-state index contributed by atoms with van der Waals surface area (Å²) < 4.78 is 31.0. The summed E-state index contributed by atoms with van der Waals surface area (Å²) in [5.74, 6) is -4.71. The molecular weight excluding hydrogens is 262 g/mol. The Morgan fingerprint density at radius 3 is 2.58 bits per heavy atom. The van der Waals surface area contributed by atoms with E-state index in [2.05, 4.69) is 15.0 Å². The van der Waals surface area contributed by atoms with E-state index >= 15 is 0 Å². The molecule has 0 atom stereocenters. The second-order valence-corrected chi connectivity index (χ2v) is 3.46. The summed E-state index contributed by atoms with van der Waals surface area (Å²) >= 11 is 0. The number of rotatable bonds is 3. The van der Waals surface area contributed by atoms with Crippen LogP contribution in [0.25, 0.3) is 0 Å². The first-order chi connectivity index (χ1) is 8.99. The third kappa shape index (κ3) is 2.57. The molecule has 0 spiro atoms. The van der Waals surface area contributed by atoms with Crippen molar-refractivity contribution in [3.8, 4) is 0 Å². The van der Waals surface area contributed by atoms with Gasteiger partial charge in [0.25, 0.3) is 5.91 Å². The fraction of sp³-hybridized carbons (Fsp3) is 0. The van der Waals surface area contributed by atoms with Crippen molar-refractivity contribution in [2.75, 3.05) is 5.32 Å². The number of carbonyl (C=O) groups excluding carboxylic acids is 1. The fourth-order valence-electron chi connectivity index (χ4n) is 1.32. The molecule has 2 aromatic rings. The average molecular weight is 268 g/mol. The van der Waals surface area contributed by atoms with Crippen LogP contribution in [0.2, 0.25) is 0 Å². The van der Waals surface area contributed by atoms with Gasteiger partial charge in [0.2, 0.25) is 0 Å². The Labute approximate surface area is 104 Å². The highest BCUT2D eigenvalue weighted by molar-refractivity contribution is 6.03. The number of amides is 1. The molecule has 1 aromatic carbocycles. The molecule has 0 bridgehead atoms. The van der Waals surface area contributed by atoms with E-state index in [1.54, 1.807) is 0 Å². The van der Waals surface area contributed by atoms with E-state index in [-0.39, 0.29) is 5.69 Å². The molecule has 0 radical (unpaired) electrons. The number of benzene rings is 1. The Morgan fingerprint density at radius 2 is 2.00 bits per heavy atom. The van der Waals surface area contributed by atoms with Gasteiger partial charge in [-0.1, -0.05) is 5.16 Å². The molecule has 1 aromatic heterocycles. The molecule has 0 saturated carbocycles. The third-order valence-corrected chi connectivity index (χ3v) is 2.21. The standard InChI is InChI=1S/C11H6F2N2O4/c12-6-4-7(13)9(3-5(6)11(17)18)14-10(16)8-1-2-19-15-8/h1-4H,(H,14,16)(H,17,18). The van der Waals surface area contributed by atoms with E-state index < -0.39 is 34.8 Å². The van der Waals surface area contributed by atoms with Crippen LogP contribution < -0.4 is 5.32 Å². The van der Waals surface area contributed by atoms with Crippen molar-refractivity contribution >= 4 is 17.6 Å². The summed E-state index contributed by atoms with van der Waals surface area (Å²) in [7, 11) is 0. The third-order valence-electron chi connectivity index (χ3n) is 2.21. The fourth-order valence-corrected chi connectivity index (χ4v) is 1.32. The smallest absolute Gasteiger partial charge is 0.338 e. The summed E-state index contributed by atoms with van der Waals surface area (Å²) in [5.41, 5.74) is -1.34. The first-order valence-corrected chi connectivity index (χ1v) is 4.93. The number of anilines is 1. The Balaban J connectivity index is 2.32. The monoisotopic (exact) mass is 268 g/mol. The quantitative estimate of drug-likeness (QED) is 0.886. The summed E-state index contributed by atoms with van der Waals surface area (Å²) in [6, 6.07) is 2.29. The van der Waals surface area contributed by atoms with Gasteiger partial charge >= 0.3 is 5.97 Å². The summed E-state index contributed by atoms with van der Waals surface area (Å²) in [5, 5.41) is 14.1. The average Bonchev–Trinajstić information content (AvgIpc) is 2.85. The number of carboxylic acids is 1. The van der Waals surface area contributed by atoms with E-state index in [4.69, 9.17) is 5.11 Å². The van der Waals surface area contributed by atoms with Gasteiger partial charge in [-0.25, -0.2) is 13.6 Å². The largest absolute Gasteiger partial charge is 0.478 e. The number of aromatic nitrogens is 1. The lowest BCUT2D eigenvalue weighted by Gasteiger charge is -2.06. The van der Waals surface area contributed by atoms with Crippen LogP contribution in [0.4, 0.5) is 14.5 Å². The van der Waals surface area contributed by atoms with E-state index in [1.165, 1.54) is 6.07 Å². The Kier molecular flexibility index (Phi) is 3.23. The maximum Gasteiger partial charge on any atom is 0.338 e. The van der Waals surface area contributed by atoms with E-state index in [9.17, 15) is 18.4 Å². The molecule has 0 unspecified atom stereocenters. The van der Waals surface area contributed by atoms with E-state index in [1.807, 2.05) is 0 Å². The van der Waals surface area contributed by atoms with Crippen LogP contribution >= 0.6 is 0 Å². The van der Waals surface area contributed by atoms with Crippen LogP contribution in [0.1, 0.15) is 20.8 Å². The highest BCUT2D eigenvalue weighted by Crippen LogP contribution is 2.20. The number of nitrogens with one attached hydrogen (secondary N) is 1. The molecule has 2 N–H and O–H groups in total. The summed E-state index contributed by atoms with van der Waals surface area (Å²) in [6.07, 6.45) is 1.14. The molecule has 0 aliphatic rings. The van der Waals surface area contributed by atoms with Gasteiger partial charge < -0.3 is 14.9 Å². The first-order valence-electron chi connectivity index (χ1n) is 4.93. The Bertz CT molecular complexity index is 640. The maximum absolute atomic E-state index is 13.4. The zero-order chi connectivity index (χ0) is 14.0.